The molecule has 2 N–H and O–H groups in total. The van der Waals surface area contributed by atoms with Gasteiger partial charge in [-0.05, 0) is 43.4 Å². The zero-order valence-corrected chi connectivity index (χ0v) is 10.7. The van der Waals surface area contributed by atoms with Crippen LogP contribution in [0.1, 0.15) is 54.2 Å². The van der Waals surface area contributed by atoms with Gasteiger partial charge in [-0.2, -0.15) is 0 Å². The first kappa shape index (κ1) is 12.8. The predicted molar refractivity (Wildman–Crippen MR) is 69.0 cm³/mol. The number of nitrogen functional groups attached to an aromatic ring is 1. The third kappa shape index (κ3) is 2.26. The summed E-state index contributed by atoms with van der Waals surface area (Å²) in [6, 6.07) is 2.11. The molecular weight excluding hydrogens is 198 g/mol. The van der Waals surface area contributed by atoms with Gasteiger partial charge in [0.05, 0.1) is 0 Å². The van der Waals surface area contributed by atoms with E-state index >= 15 is 0 Å². The van der Waals surface area contributed by atoms with Crippen LogP contribution in [0.15, 0.2) is 6.07 Å². The van der Waals surface area contributed by atoms with Crippen molar-refractivity contribution >= 4 is 11.5 Å². The van der Waals surface area contributed by atoms with E-state index in [2.05, 4.69) is 19.9 Å². The van der Waals surface area contributed by atoms with E-state index in [1.54, 1.807) is 6.92 Å². The van der Waals surface area contributed by atoms with E-state index in [0.29, 0.717) is 11.3 Å². The summed E-state index contributed by atoms with van der Waals surface area (Å²) in [5, 5.41) is 0. The maximum Gasteiger partial charge on any atom is 0.162 e. The van der Waals surface area contributed by atoms with Crippen molar-refractivity contribution in [1.29, 1.82) is 0 Å². The summed E-state index contributed by atoms with van der Waals surface area (Å²) >= 11 is 0. The zero-order valence-electron chi connectivity index (χ0n) is 10.7. The van der Waals surface area contributed by atoms with Crippen LogP contribution >= 0.6 is 0 Å². The normalized spacial score (nSPS) is 10.5. The monoisotopic (exact) mass is 219 g/mol. The topological polar surface area (TPSA) is 43.1 Å². The Morgan fingerprint density at radius 2 is 2.00 bits per heavy atom. The van der Waals surface area contributed by atoms with Crippen molar-refractivity contribution in [3.05, 3.63) is 28.3 Å². The molecule has 0 amide bonds. The molecule has 1 aromatic rings. The van der Waals surface area contributed by atoms with Gasteiger partial charge in [-0.3, -0.25) is 4.79 Å². The Balaban J connectivity index is 3.45. The molecule has 0 spiro atoms. The molecule has 0 atom stereocenters. The van der Waals surface area contributed by atoms with Gasteiger partial charge in [0.25, 0.3) is 0 Å². The summed E-state index contributed by atoms with van der Waals surface area (Å²) in [4.78, 5) is 11.6. The summed E-state index contributed by atoms with van der Waals surface area (Å²) in [5.74, 6) is 0.0648. The summed E-state index contributed by atoms with van der Waals surface area (Å²) in [6.07, 6.45) is 2.98. The molecule has 0 aliphatic carbocycles. The van der Waals surface area contributed by atoms with Gasteiger partial charge in [-0.15, -0.1) is 0 Å². The van der Waals surface area contributed by atoms with E-state index in [1.165, 1.54) is 11.1 Å². The van der Waals surface area contributed by atoms with Gasteiger partial charge < -0.3 is 5.73 Å². The number of ketones is 1. The van der Waals surface area contributed by atoms with Crippen molar-refractivity contribution in [3.63, 3.8) is 0 Å². The Hall–Kier alpha value is -1.31. The van der Waals surface area contributed by atoms with Crippen molar-refractivity contribution in [3.8, 4) is 0 Å². The first-order valence-electron chi connectivity index (χ1n) is 5.94. The van der Waals surface area contributed by atoms with Gasteiger partial charge in [-0.25, -0.2) is 0 Å². The number of hydrogen-bond acceptors (Lipinski definition) is 2. The van der Waals surface area contributed by atoms with Crippen LogP contribution < -0.4 is 5.73 Å². The highest BCUT2D eigenvalue weighted by atomic mass is 16.1. The van der Waals surface area contributed by atoms with Gasteiger partial charge in [0.1, 0.15) is 0 Å². The first-order chi connectivity index (χ1) is 7.52. The van der Waals surface area contributed by atoms with Gasteiger partial charge >= 0.3 is 0 Å². The lowest BCUT2D eigenvalue weighted by Gasteiger charge is -2.16. The van der Waals surface area contributed by atoms with Crippen LogP contribution in [-0.2, 0) is 12.8 Å². The molecule has 2 heteroatoms. The van der Waals surface area contributed by atoms with Crippen LogP contribution in [0, 0.1) is 6.92 Å². The third-order valence-electron chi connectivity index (χ3n) is 3.00. The molecule has 16 heavy (non-hydrogen) atoms. The summed E-state index contributed by atoms with van der Waals surface area (Å²) in [7, 11) is 0. The number of rotatable bonds is 4. The Kier molecular flexibility index (Phi) is 4.11. The molecule has 0 radical (unpaired) electrons. The Morgan fingerprint density at radius 1 is 1.38 bits per heavy atom. The van der Waals surface area contributed by atoms with Gasteiger partial charge in [0.15, 0.2) is 5.78 Å². The quantitative estimate of drug-likeness (QED) is 0.623. The Bertz CT molecular complexity index is 408. The highest BCUT2D eigenvalue weighted by molar-refractivity contribution is 6.01. The largest absolute Gasteiger partial charge is 0.398 e. The molecule has 1 rings (SSSR count). The number of carbonyl (C=O) groups is 1. The lowest BCUT2D eigenvalue weighted by Crippen LogP contribution is -2.09. The Morgan fingerprint density at radius 3 is 2.44 bits per heavy atom. The van der Waals surface area contributed by atoms with Crippen molar-refractivity contribution in [1.82, 2.24) is 0 Å². The summed E-state index contributed by atoms with van der Waals surface area (Å²) in [6.45, 7) is 7.80. The average Bonchev–Trinajstić information content (AvgIpc) is 2.21. The van der Waals surface area contributed by atoms with Crippen LogP contribution in [0.4, 0.5) is 5.69 Å². The van der Waals surface area contributed by atoms with Crippen LogP contribution in [0.2, 0.25) is 0 Å². The maximum atomic E-state index is 11.6. The molecule has 0 saturated carbocycles. The fourth-order valence-electron chi connectivity index (χ4n) is 2.28. The molecule has 0 fully saturated rings. The smallest absolute Gasteiger partial charge is 0.162 e. The number of aryl methyl sites for hydroxylation is 2. The van der Waals surface area contributed by atoms with Crippen molar-refractivity contribution < 1.29 is 4.79 Å². The second kappa shape index (κ2) is 5.15. The van der Waals surface area contributed by atoms with Gasteiger partial charge in [0.2, 0.25) is 0 Å². The molecule has 0 aliphatic rings. The minimum atomic E-state index is 0.0648. The second-order valence-electron chi connectivity index (χ2n) is 4.28. The number of benzene rings is 1. The Labute approximate surface area is 97.9 Å². The van der Waals surface area contributed by atoms with Gasteiger partial charge in [0, 0.05) is 11.3 Å². The zero-order chi connectivity index (χ0) is 12.3. The van der Waals surface area contributed by atoms with Crippen molar-refractivity contribution in [2.45, 2.75) is 47.0 Å². The van der Waals surface area contributed by atoms with Crippen LogP contribution in [-0.4, -0.2) is 5.78 Å². The highest BCUT2D eigenvalue weighted by Gasteiger charge is 2.15. The third-order valence-corrected chi connectivity index (χ3v) is 3.00. The number of anilines is 1. The molecule has 0 aliphatic heterocycles. The number of nitrogens with two attached hydrogens (primary N) is 1. The lowest BCUT2D eigenvalue weighted by atomic mass is 9.91. The van der Waals surface area contributed by atoms with Crippen molar-refractivity contribution in [2.24, 2.45) is 0 Å². The molecule has 1 aromatic carbocycles. The molecule has 0 bridgehead atoms. The standard InChI is InChI=1S/C14H21NO/c1-5-7-12-11(6-2)8-9(3)13(10(4)16)14(12)15/h8H,5-7,15H2,1-4H3. The highest BCUT2D eigenvalue weighted by Crippen LogP contribution is 2.27. The summed E-state index contributed by atoms with van der Waals surface area (Å²) in [5.41, 5.74) is 11.0. The SMILES string of the molecule is CCCc1c(CC)cc(C)c(C(C)=O)c1N. The molecule has 2 nitrogen and oxygen atoms in total. The molecule has 88 valence electrons. The number of hydrogen-bond donors (Lipinski definition) is 1. The average molecular weight is 219 g/mol. The second-order valence-corrected chi connectivity index (χ2v) is 4.28. The van der Waals surface area contributed by atoms with Crippen molar-refractivity contribution in [2.75, 3.05) is 5.73 Å². The minimum Gasteiger partial charge on any atom is -0.398 e. The molecule has 0 aromatic heterocycles. The summed E-state index contributed by atoms with van der Waals surface area (Å²) < 4.78 is 0. The first-order valence-corrected chi connectivity index (χ1v) is 5.94. The van der Waals surface area contributed by atoms with E-state index in [4.69, 9.17) is 5.73 Å². The number of Topliss-reactive ketones (excluding diaryl/α,β-unsaturated/α-hetero) is 1. The van der Waals surface area contributed by atoms with E-state index in [1.807, 2.05) is 6.92 Å². The molecule has 0 unspecified atom stereocenters. The van der Waals surface area contributed by atoms with Crippen LogP contribution in [0.25, 0.3) is 0 Å². The van der Waals surface area contributed by atoms with E-state index in [0.717, 1.165) is 24.8 Å². The maximum absolute atomic E-state index is 11.6. The fraction of sp³-hybridized carbons (Fsp3) is 0.500. The predicted octanol–water partition coefficient (Wildman–Crippen LogP) is 3.29. The van der Waals surface area contributed by atoms with Crippen LogP contribution in [0.5, 0.6) is 0 Å². The van der Waals surface area contributed by atoms with E-state index in [-0.39, 0.29) is 5.78 Å². The number of carbonyl (C=O) groups excluding carboxylic acids is 1. The van der Waals surface area contributed by atoms with Gasteiger partial charge in [-0.1, -0.05) is 26.3 Å². The van der Waals surface area contributed by atoms with E-state index < -0.39 is 0 Å². The molecule has 0 saturated heterocycles. The molecule has 0 heterocycles. The molecular formula is C14H21NO. The van der Waals surface area contributed by atoms with Crippen LogP contribution in [0.3, 0.4) is 0 Å². The minimum absolute atomic E-state index is 0.0648. The van der Waals surface area contributed by atoms with E-state index in [9.17, 15) is 4.79 Å². The fourth-order valence-corrected chi connectivity index (χ4v) is 2.28. The lowest BCUT2D eigenvalue weighted by molar-refractivity contribution is 0.101.